The average molecular weight is 451 g/mol. The van der Waals surface area contributed by atoms with Crippen molar-refractivity contribution in [1.29, 1.82) is 0 Å². The Morgan fingerprint density at radius 3 is 2.62 bits per heavy atom. The van der Waals surface area contributed by atoms with Crippen LogP contribution >= 0.6 is 0 Å². The highest BCUT2D eigenvalue weighted by Gasteiger charge is 2.67. The SMILES string of the molecule is CCCO[C@]1(C(=O)CO)[C@H](C)C[C@@H](C)[C@]1(C)C[C@H](O)[C@@]1(F)CCCC2=CC(=O)C=C[C@@]21C. The fourth-order valence-electron chi connectivity index (χ4n) is 6.93. The number of aliphatic hydroxyl groups is 2. The molecule has 0 amide bonds. The summed E-state index contributed by atoms with van der Waals surface area (Å²) in [6.07, 6.45) is 5.93. The fraction of sp³-hybridized carbons (Fsp3) is 0.769. The van der Waals surface area contributed by atoms with E-state index in [1.807, 2.05) is 27.7 Å². The van der Waals surface area contributed by atoms with Gasteiger partial charge in [0.15, 0.2) is 11.6 Å². The van der Waals surface area contributed by atoms with E-state index in [9.17, 15) is 19.8 Å². The first kappa shape index (κ1) is 25.3. The first-order valence-corrected chi connectivity index (χ1v) is 12.0. The van der Waals surface area contributed by atoms with Crippen molar-refractivity contribution in [2.75, 3.05) is 13.2 Å². The van der Waals surface area contributed by atoms with Crippen LogP contribution in [0.2, 0.25) is 0 Å². The van der Waals surface area contributed by atoms with Gasteiger partial charge in [-0.05, 0) is 69.4 Å². The molecule has 2 N–H and O–H groups in total. The van der Waals surface area contributed by atoms with Crippen LogP contribution in [0.25, 0.3) is 0 Å². The maximum absolute atomic E-state index is 16.8. The third kappa shape index (κ3) is 3.45. The van der Waals surface area contributed by atoms with Crippen molar-refractivity contribution < 1.29 is 28.9 Å². The molecular formula is C26H39FO5. The summed E-state index contributed by atoms with van der Waals surface area (Å²) in [5.41, 5.74) is -4.46. The molecule has 3 rings (SSSR count). The van der Waals surface area contributed by atoms with Gasteiger partial charge < -0.3 is 14.9 Å². The summed E-state index contributed by atoms with van der Waals surface area (Å²) in [6.45, 7) is 9.28. The second-order valence-corrected chi connectivity index (χ2v) is 10.7. The number of Topliss-reactive ketones (excluding diaryl/α,β-unsaturated/α-hetero) is 1. The second kappa shape index (κ2) is 8.77. The molecule has 0 aliphatic heterocycles. The normalized spacial score (nSPS) is 42.5. The predicted octanol–water partition coefficient (Wildman–Crippen LogP) is 4.11. The molecule has 0 unspecified atom stereocenters. The van der Waals surface area contributed by atoms with E-state index in [-0.39, 0.29) is 30.5 Å². The standard InChI is InChI=1S/C26H39FO5/c1-6-12-32-26(22(31)16-28)18(3)13-17(2)24(26,5)15-21(30)25(27)10-7-8-19-14-20(29)9-11-23(19,25)4/h9,11,14,17-18,21,28,30H,6-8,10,12-13,15-16H2,1-5H3/t17-,18-,21+,23+,24+,25+,26+/m1/s1. The predicted molar refractivity (Wildman–Crippen MR) is 121 cm³/mol. The molecule has 32 heavy (non-hydrogen) atoms. The Balaban J connectivity index is 2.02. The van der Waals surface area contributed by atoms with E-state index in [0.29, 0.717) is 32.3 Å². The number of carbonyl (C=O) groups excluding carboxylic acids is 2. The number of ether oxygens (including phenoxy) is 1. The summed E-state index contributed by atoms with van der Waals surface area (Å²) in [6, 6.07) is 0. The molecule has 6 heteroatoms. The van der Waals surface area contributed by atoms with Gasteiger partial charge in [0.2, 0.25) is 0 Å². The Kier molecular flexibility index (Phi) is 6.92. The molecule has 0 bridgehead atoms. The smallest absolute Gasteiger partial charge is 0.190 e. The number of carbonyl (C=O) groups is 2. The number of ketones is 2. The molecule has 0 aromatic carbocycles. The number of aliphatic hydroxyl groups excluding tert-OH is 2. The minimum atomic E-state index is -1.97. The maximum Gasteiger partial charge on any atom is 0.190 e. The van der Waals surface area contributed by atoms with Gasteiger partial charge in [0.05, 0.1) is 6.10 Å². The molecule has 5 nitrogen and oxygen atoms in total. The second-order valence-electron chi connectivity index (χ2n) is 10.7. The zero-order valence-electron chi connectivity index (χ0n) is 20.1. The number of hydrogen-bond acceptors (Lipinski definition) is 5. The summed E-state index contributed by atoms with van der Waals surface area (Å²) in [5.74, 6) is -0.731. The lowest BCUT2D eigenvalue weighted by molar-refractivity contribution is -0.186. The number of fused-ring (bicyclic) bond motifs is 1. The Hall–Kier alpha value is -1.37. The molecule has 0 heterocycles. The Morgan fingerprint density at radius 2 is 2.00 bits per heavy atom. The lowest BCUT2D eigenvalue weighted by Gasteiger charge is -2.53. The van der Waals surface area contributed by atoms with Crippen LogP contribution in [0.3, 0.4) is 0 Å². The van der Waals surface area contributed by atoms with Crippen LogP contribution in [0.5, 0.6) is 0 Å². The van der Waals surface area contributed by atoms with Crippen LogP contribution in [-0.2, 0) is 14.3 Å². The van der Waals surface area contributed by atoms with Gasteiger partial charge in [0, 0.05) is 17.4 Å². The van der Waals surface area contributed by atoms with E-state index in [2.05, 4.69) is 0 Å². The van der Waals surface area contributed by atoms with Crippen LogP contribution in [0.15, 0.2) is 23.8 Å². The zero-order valence-corrected chi connectivity index (χ0v) is 20.1. The van der Waals surface area contributed by atoms with Crippen molar-refractivity contribution in [1.82, 2.24) is 0 Å². The molecule has 2 saturated carbocycles. The van der Waals surface area contributed by atoms with Crippen LogP contribution in [0.1, 0.15) is 73.1 Å². The number of hydrogen-bond donors (Lipinski definition) is 2. The molecule has 180 valence electrons. The summed E-state index contributed by atoms with van der Waals surface area (Å²) in [7, 11) is 0. The molecule has 0 aromatic rings. The van der Waals surface area contributed by atoms with E-state index < -0.39 is 40.6 Å². The molecule has 2 fully saturated rings. The van der Waals surface area contributed by atoms with Crippen LogP contribution in [0.4, 0.5) is 4.39 Å². The third-order valence-corrected chi connectivity index (χ3v) is 8.99. The monoisotopic (exact) mass is 450 g/mol. The lowest BCUT2D eigenvalue weighted by atomic mass is 9.55. The van der Waals surface area contributed by atoms with E-state index in [1.54, 1.807) is 13.0 Å². The first-order chi connectivity index (χ1) is 14.9. The summed E-state index contributed by atoms with van der Waals surface area (Å²) in [5, 5.41) is 21.3. The maximum atomic E-state index is 16.8. The van der Waals surface area contributed by atoms with Crippen molar-refractivity contribution in [2.24, 2.45) is 22.7 Å². The molecule has 0 spiro atoms. The highest BCUT2D eigenvalue weighted by Crippen LogP contribution is 2.61. The van der Waals surface area contributed by atoms with Crippen molar-refractivity contribution in [3.8, 4) is 0 Å². The number of rotatable bonds is 8. The van der Waals surface area contributed by atoms with Gasteiger partial charge in [-0.15, -0.1) is 0 Å². The van der Waals surface area contributed by atoms with Gasteiger partial charge in [0.1, 0.15) is 17.9 Å². The first-order valence-electron chi connectivity index (χ1n) is 12.0. The molecule has 3 aliphatic rings. The fourth-order valence-corrected chi connectivity index (χ4v) is 6.93. The number of alkyl halides is 1. The Morgan fingerprint density at radius 1 is 1.31 bits per heavy atom. The number of allylic oxidation sites excluding steroid dienone is 4. The minimum absolute atomic E-state index is 0.0157. The van der Waals surface area contributed by atoms with Crippen molar-refractivity contribution in [2.45, 2.75) is 90.5 Å². The van der Waals surface area contributed by atoms with Crippen molar-refractivity contribution in [3.05, 3.63) is 23.8 Å². The van der Waals surface area contributed by atoms with Gasteiger partial charge >= 0.3 is 0 Å². The van der Waals surface area contributed by atoms with Crippen molar-refractivity contribution in [3.63, 3.8) is 0 Å². The molecule has 3 aliphatic carbocycles. The lowest BCUT2D eigenvalue weighted by Crippen LogP contribution is -2.61. The largest absolute Gasteiger partial charge is 0.390 e. The van der Waals surface area contributed by atoms with Gasteiger partial charge in [-0.1, -0.05) is 39.3 Å². The average Bonchev–Trinajstić information content (AvgIpc) is 2.93. The summed E-state index contributed by atoms with van der Waals surface area (Å²) >= 11 is 0. The van der Waals surface area contributed by atoms with Gasteiger partial charge in [-0.3, -0.25) is 9.59 Å². The minimum Gasteiger partial charge on any atom is -0.390 e. The van der Waals surface area contributed by atoms with Crippen LogP contribution in [-0.4, -0.2) is 52.4 Å². The molecule has 0 aromatic heterocycles. The van der Waals surface area contributed by atoms with Gasteiger partial charge in [0.25, 0.3) is 0 Å². The van der Waals surface area contributed by atoms with E-state index in [0.717, 1.165) is 5.57 Å². The number of halogens is 1. The van der Waals surface area contributed by atoms with Crippen LogP contribution in [0, 0.1) is 22.7 Å². The molecular weight excluding hydrogens is 411 g/mol. The molecule has 0 radical (unpaired) electrons. The van der Waals surface area contributed by atoms with E-state index in [1.165, 1.54) is 12.2 Å². The van der Waals surface area contributed by atoms with Crippen LogP contribution < -0.4 is 0 Å². The highest BCUT2D eigenvalue weighted by molar-refractivity contribution is 6.01. The molecule has 7 atom stereocenters. The van der Waals surface area contributed by atoms with Gasteiger partial charge in [-0.2, -0.15) is 0 Å². The quantitative estimate of drug-likeness (QED) is 0.581. The van der Waals surface area contributed by atoms with Gasteiger partial charge in [-0.25, -0.2) is 4.39 Å². The third-order valence-electron chi connectivity index (χ3n) is 8.99. The van der Waals surface area contributed by atoms with Crippen molar-refractivity contribution >= 4 is 11.6 Å². The molecule has 0 saturated heterocycles. The summed E-state index contributed by atoms with van der Waals surface area (Å²) < 4.78 is 23.1. The highest BCUT2D eigenvalue weighted by atomic mass is 19.1. The summed E-state index contributed by atoms with van der Waals surface area (Å²) in [4.78, 5) is 25.1. The van der Waals surface area contributed by atoms with E-state index in [4.69, 9.17) is 4.74 Å². The van der Waals surface area contributed by atoms with E-state index >= 15 is 4.39 Å². The Bertz CT molecular complexity index is 821. The topological polar surface area (TPSA) is 83.8 Å². The zero-order chi connectivity index (χ0) is 23.9. The Labute approximate surface area is 191 Å².